The minimum Gasteiger partial charge on any atom is -0.244 e. The molecular weight excluding hydrogens is 144 g/mol. The predicted octanol–water partition coefficient (Wildman–Crippen LogP) is -0.287. The molecule has 11 heavy (non-hydrogen) atoms. The van der Waals surface area contributed by atoms with Gasteiger partial charge in [0.15, 0.2) is 5.65 Å². The standard InChI is InChI=1S/C6H4N4O/c11-6-8-4-2-1-3-7-5(4)9-10-6/h1-3H,(H,8,10,11). The summed E-state index contributed by atoms with van der Waals surface area (Å²) < 4.78 is 0. The maximum atomic E-state index is 10.6. The summed E-state index contributed by atoms with van der Waals surface area (Å²) in [7, 11) is 0. The molecule has 2 aromatic rings. The van der Waals surface area contributed by atoms with E-state index in [4.69, 9.17) is 0 Å². The zero-order valence-corrected chi connectivity index (χ0v) is 5.48. The van der Waals surface area contributed by atoms with Gasteiger partial charge in [0.05, 0.1) is 0 Å². The zero-order chi connectivity index (χ0) is 7.68. The van der Waals surface area contributed by atoms with Crippen LogP contribution in [-0.2, 0) is 0 Å². The number of nitrogens with one attached hydrogen (secondary N) is 1. The van der Waals surface area contributed by atoms with E-state index in [0.717, 1.165) is 0 Å². The second-order valence-corrected chi connectivity index (χ2v) is 1.99. The number of fused-ring (bicyclic) bond motifs is 1. The zero-order valence-electron chi connectivity index (χ0n) is 5.48. The van der Waals surface area contributed by atoms with Crippen LogP contribution < -0.4 is 5.69 Å². The van der Waals surface area contributed by atoms with Crippen molar-refractivity contribution in [1.29, 1.82) is 0 Å². The summed E-state index contributed by atoms with van der Waals surface area (Å²) in [5.41, 5.74) is 0.508. The van der Waals surface area contributed by atoms with E-state index in [9.17, 15) is 4.79 Å². The molecule has 2 aromatic heterocycles. The quantitative estimate of drug-likeness (QED) is 0.557. The van der Waals surface area contributed by atoms with Gasteiger partial charge in [0.2, 0.25) is 0 Å². The first kappa shape index (κ1) is 5.96. The van der Waals surface area contributed by atoms with E-state index in [1.807, 2.05) is 0 Å². The molecule has 0 aromatic carbocycles. The molecule has 0 spiro atoms. The van der Waals surface area contributed by atoms with Gasteiger partial charge >= 0.3 is 5.69 Å². The molecule has 0 saturated carbocycles. The first-order valence-electron chi connectivity index (χ1n) is 3.04. The summed E-state index contributed by atoms with van der Waals surface area (Å²) in [6, 6.07) is 3.39. The number of aromatic amines is 1. The van der Waals surface area contributed by atoms with Gasteiger partial charge < -0.3 is 0 Å². The highest BCUT2D eigenvalue weighted by molar-refractivity contribution is 5.67. The minimum absolute atomic E-state index is 0.451. The molecule has 0 aliphatic rings. The van der Waals surface area contributed by atoms with Gasteiger partial charge in [-0.3, -0.25) is 0 Å². The number of hydrogen-bond donors (Lipinski definition) is 1. The van der Waals surface area contributed by atoms with Crippen LogP contribution in [0.15, 0.2) is 23.1 Å². The SMILES string of the molecule is O=c1nc2cccnc2n[nH]1. The van der Waals surface area contributed by atoms with Crippen LogP contribution in [0.1, 0.15) is 0 Å². The molecule has 0 atom stereocenters. The van der Waals surface area contributed by atoms with Crippen molar-refractivity contribution in [2.24, 2.45) is 0 Å². The minimum atomic E-state index is -0.453. The summed E-state index contributed by atoms with van der Waals surface area (Å²) in [5, 5.41) is 5.86. The number of rotatable bonds is 0. The van der Waals surface area contributed by atoms with Crippen LogP contribution >= 0.6 is 0 Å². The monoisotopic (exact) mass is 148 g/mol. The van der Waals surface area contributed by atoms with E-state index < -0.39 is 5.69 Å². The van der Waals surface area contributed by atoms with E-state index >= 15 is 0 Å². The van der Waals surface area contributed by atoms with Crippen LogP contribution in [0.3, 0.4) is 0 Å². The molecule has 0 saturated heterocycles. The van der Waals surface area contributed by atoms with Crippen molar-refractivity contribution in [2.45, 2.75) is 0 Å². The highest BCUT2D eigenvalue weighted by Crippen LogP contribution is 1.97. The molecule has 0 amide bonds. The van der Waals surface area contributed by atoms with Crippen LogP contribution in [0.5, 0.6) is 0 Å². The van der Waals surface area contributed by atoms with E-state index in [1.165, 1.54) is 0 Å². The molecule has 0 radical (unpaired) electrons. The van der Waals surface area contributed by atoms with Crippen molar-refractivity contribution in [3.8, 4) is 0 Å². The fraction of sp³-hybridized carbons (Fsp3) is 0. The Morgan fingerprint density at radius 3 is 3.27 bits per heavy atom. The van der Waals surface area contributed by atoms with Gasteiger partial charge in [-0.05, 0) is 12.1 Å². The summed E-state index contributed by atoms with van der Waals surface area (Å²) in [6.07, 6.45) is 1.59. The second kappa shape index (κ2) is 2.12. The molecule has 2 rings (SSSR count). The second-order valence-electron chi connectivity index (χ2n) is 1.99. The van der Waals surface area contributed by atoms with Crippen molar-refractivity contribution in [1.82, 2.24) is 20.2 Å². The fourth-order valence-electron chi connectivity index (χ4n) is 0.797. The summed E-state index contributed by atoms with van der Waals surface area (Å²) >= 11 is 0. The Morgan fingerprint density at radius 1 is 1.45 bits per heavy atom. The van der Waals surface area contributed by atoms with E-state index in [1.54, 1.807) is 18.3 Å². The Balaban J connectivity index is 2.94. The van der Waals surface area contributed by atoms with Gasteiger partial charge in [-0.2, -0.15) is 4.98 Å². The lowest BCUT2D eigenvalue weighted by Crippen LogP contribution is -2.11. The maximum absolute atomic E-state index is 10.6. The Morgan fingerprint density at radius 2 is 2.36 bits per heavy atom. The van der Waals surface area contributed by atoms with E-state index in [0.29, 0.717) is 11.2 Å². The number of nitrogens with zero attached hydrogens (tertiary/aromatic N) is 3. The molecule has 5 heteroatoms. The highest BCUT2D eigenvalue weighted by atomic mass is 16.1. The van der Waals surface area contributed by atoms with Crippen molar-refractivity contribution >= 4 is 11.2 Å². The van der Waals surface area contributed by atoms with Gasteiger partial charge in [-0.15, -0.1) is 5.10 Å². The van der Waals surface area contributed by atoms with Crippen molar-refractivity contribution in [3.63, 3.8) is 0 Å². The van der Waals surface area contributed by atoms with Crippen molar-refractivity contribution in [2.75, 3.05) is 0 Å². The normalized spacial score (nSPS) is 10.2. The molecule has 0 aliphatic heterocycles. The van der Waals surface area contributed by atoms with Crippen LogP contribution in [0, 0.1) is 0 Å². The first-order valence-corrected chi connectivity index (χ1v) is 3.04. The van der Waals surface area contributed by atoms with E-state index in [2.05, 4.69) is 20.2 Å². The average Bonchev–Trinajstić information content (AvgIpc) is 2.04. The molecule has 1 N–H and O–H groups in total. The Hall–Kier alpha value is -1.78. The number of H-pyrrole nitrogens is 1. The number of pyridine rings is 1. The Kier molecular flexibility index (Phi) is 1.15. The van der Waals surface area contributed by atoms with Gasteiger partial charge in [-0.25, -0.2) is 14.9 Å². The molecule has 0 aliphatic carbocycles. The molecule has 0 fully saturated rings. The third kappa shape index (κ3) is 0.958. The average molecular weight is 148 g/mol. The summed E-state index contributed by atoms with van der Waals surface area (Å²) in [6.45, 7) is 0. The lowest BCUT2D eigenvalue weighted by atomic mass is 10.4. The van der Waals surface area contributed by atoms with Crippen molar-refractivity contribution in [3.05, 3.63) is 28.8 Å². The number of aromatic nitrogens is 4. The van der Waals surface area contributed by atoms with E-state index in [-0.39, 0.29) is 0 Å². The van der Waals surface area contributed by atoms with Gasteiger partial charge in [0.25, 0.3) is 0 Å². The Labute approximate surface area is 61.1 Å². The van der Waals surface area contributed by atoms with Crippen LogP contribution in [0.25, 0.3) is 11.2 Å². The summed E-state index contributed by atoms with van der Waals surface area (Å²) in [5.74, 6) is 0. The molecule has 2 heterocycles. The fourth-order valence-corrected chi connectivity index (χ4v) is 0.797. The van der Waals surface area contributed by atoms with Gasteiger partial charge in [0, 0.05) is 6.20 Å². The topological polar surface area (TPSA) is 71.5 Å². The first-order chi connectivity index (χ1) is 5.36. The van der Waals surface area contributed by atoms with Crippen LogP contribution in [0.2, 0.25) is 0 Å². The Bertz CT molecular complexity index is 436. The molecule has 0 bridgehead atoms. The largest absolute Gasteiger partial charge is 0.362 e. The van der Waals surface area contributed by atoms with Gasteiger partial charge in [0.1, 0.15) is 5.52 Å². The van der Waals surface area contributed by atoms with Crippen LogP contribution in [0.4, 0.5) is 0 Å². The third-order valence-electron chi connectivity index (χ3n) is 1.25. The smallest absolute Gasteiger partial charge is 0.244 e. The van der Waals surface area contributed by atoms with Crippen LogP contribution in [-0.4, -0.2) is 20.2 Å². The van der Waals surface area contributed by atoms with Crippen molar-refractivity contribution < 1.29 is 0 Å². The summed E-state index contributed by atoms with van der Waals surface area (Å²) in [4.78, 5) is 18.1. The molecular formula is C6H4N4O. The van der Waals surface area contributed by atoms with Gasteiger partial charge in [-0.1, -0.05) is 0 Å². The predicted molar refractivity (Wildman–Crippen MR) is 38.0 cm³/mol. The molecule has 0 unspecified atom stereocenters. The number of hydrogen-bond acceptors (Lipinski definition) is 4. The molecule has 54 valence electrons. The highest BCUT2D eigenvalue weighted by Gasteiger charge is 1.94. The lowest BCUT2D eigenvalue weighted by molar-refractivity contribution is 0.946. The third-order valence-corrected chi connectivity index (χ3v) is 1.25. The molecule has 5 nitrogen and oxygen atoms in total. The lowest BCUT2D eigenvalue weighted by Gasteiger charge is -1.89. The maximum Gasteiger partial charge on any atom is 0.362 e.